The molecule has 1 aromatic rings. The van der Waals surface area contributed by atoms with Crippen molar-refractivity contribution < 1.29 is 26.3 Å². The summed E-state index contributed by atoms with van der Waals surface area (Å²) in [7, 11) is 0. The average Bonchev–Trinajstić information content (AvgIpc) is 2.69. The van der Waals surface area contributed by atoms with Crippen LogP contribution < -0.4 is 5.32 Å². The standard InChI is InChI=1S/C11H14F6N2S/c1-2-5-18-6-7-9(11(15,16)17)19-8(20-7)3-4-10(12,13)14/h18H,2-6H2,1H3. The normalized spacial score (nSPS) is 12.9. The van der Waals surface area contributed by atoms with Crippen molar-refractivity contribution in [3.63, 3.8) is 0 Å². The van der Waals surface area contributed by atoms with E-state index in [0.29, 0.717) is 17.9 Å². The van der Waals surface area contributed by atoms with Crippen LogP contribution in [0.5, 0.6) is 0 Å². The van der Waals surface area contributed by atoms with Gasteiger partial charge >= 0.3 is 12.4 Å². The molecule has 0 spiro atoms. The third-order valence-corrected chi connectivity index (χ3v) is 3.46. The number of aryl methyl sites for hydroxylation is 1. The van der Waals surface area contributed by atoms with Gasteiger partial charge in [0, 0.05) is 19.4 Å². The van der Waals surface area contributed by atoms with E-state index in [1.54, 1.807) is 0 Å². The highest BCUT2D eigenvalue weighted by molar-refractivity contribution is 7.11. The van der Waals surface area contributed by atoms with Crippen molar-refractivity contribution >= 4 is 11.3 Å². The molecule has 0 aliphatic rings. The zero-order valence-corrected chi connectivity index (χ0v) is 11.5. The average molecular weight is 320 g/mol. The lowest BCUT2D eigenvalue weighted by atomic mass is 10.3. The second-order valence-electron chi connectivity index (χ2n) is 4.17. The first-order valence-corrected chi connectivity index (χ1v) is 6.78. The second kappa shape index (κ2) is 6.75. The van der Waals surface area contributed by atoms with E-state index in [9.17, 15) is 26.3 Å². The van der Waals surface area contributed by atoms with Gasteiger partial charge in [0.2, 0.25) is 0 Å². The van der Waals surface area contributed by atoms with Gasteiger partial charge < -0.3 is 5.32 Å². The van der Waals surface area contributed by atoms with Gasteiger partial charge in [-0.3, -0.25) is 0 Å². The number of hydrogen-bond acceptors (Lipinski definition) is 3. The van der Waals surface area contributed by atoms with Crippen molar-refractivity contribution in [2.75, 3.05) is 6.54 Å². The van der Waals surface area contributed by atoms with E-state index in [0.717, 1.165) is 6.42 Å². The molecule has 0 fully saturated rings. The molecular formula is C11H14F6N2S. The first-order chi connectivity index (χ1) is 9.13. The summed E-state index contributed by atoms with van der Waals surface area (Å²) >= 11 is 0.684. The fraction of sp³-hybridized carbons (Fsp3) is 0.727. The van der Waals surface area contributed by atoms with Gasteiger partial charge in [0.25, 0.3) is 0 Å². The van der Waals surface area contributed by atoms with Gasteiger partial charge in [-0.15, -0.1) is 11.3 Å². The molecule has 1 aromatic heterocycles. The Labute approximate surface area is 116 Å². The van der Waals surface area contributed by atoms with Crippen LogP contribution in [0.1, 0.15) is 35.3 Å². The number of nitrogens with one attached hydrogen (secondary N) is 1. The van der Waals surface area contributed by atoms with Gasteiger partial charge in [-0.1, -0.05) is 6.92 Å². The minimum Gasteiger partial charge on any atom is -0.312 e. The summed E-state index contributed by atoms with van der Waals surface area (Å²) in [4.78, 5) is 3.25. The fourth-order valence-electron chi connectivity index (χ4n) is 1.48. The Morgan fingerprint density at radius 3 is 2.30 bits per heavy atom. The van der Waals surface area contributed by atoms with Crippen LogP contribution in [-0.2, 0) is 19.1 Å². The van der Waals surface area contributed by atoms with E-state index in [1.807, 2.05) is 6.92 Å². The molecule has 1 rings (SSSR count). The van der Waals surface area contributed by atoms with E-state index >= 15 is 0 Å². The Bertz CT molecular complexity index is 424. The monoisotopic (exact) mass is 320 g/mol. The molecule has 0 bridgehead atoms. The van der Waals surface area contributed by atoms with Crippen molar-refractivity contribution in [1.29, 1.82) is 0 Å². The van der Waals surface area contributed by atoms with E-state index in [2.05, 4.69) is 10.3 Å². The van der Waals surface area contributed by atoms with Crippen LogP contribution in [0.4, 0.5) is 26.3 Å². The summed E-state index contributed by atoms with van der Waals surface area (Å²) in [6.45, 7) is 2.36. The molecule has 0 amide bonds. The number of thiazole rings is 1. The molecule has 20 heavy (non-hydrogen) atoms. The predicted octanol–water partition coefficient (Wildman–Crippen LogP) is 4.16. The molecule has 2 nitrogen and oxygen atoms in total. The van der Waals surface area contributed by atoms with Gasteiger partial charge in [0.05, 0.1) is 9.88 Å². The maximum atomic E-state index is 12.7. The van der Waals surface area contributed by atoms with Crippen LogP contribution in [0.15, 0.2) is 0 Å². The number of aromatic nitrogens is 1. The third kappa shape index (κ3) is 5.66. The molecule has 1 heterocycles. The summed E-state index contributed by atoms with van der Waals surface area (Å²) in [6.07, 6.45) is -9.98. The van der Waals surface area contributed by atoms with Gasteiger partial charge in [0.1, 0.15) is 0 Å². The lowest BCUT2D eigenvalue weighted by Gasteiger charge is -2.06. The van der Waals surface area contributed by atoms with Gasteiger partial charge in [-0.05, 0) is 13.0 Å². The molecule has 0 aromatic carbocycles. The summed E-state index contributed by atoms with van der Waals surface area (Å²) < 4.78 is 74.4. The van der Waals surface area contributed by atoms with Gasteiger partial charge in [0.15, 0.2) is 5.69 Å². The molecule has 0 saturated heterocycles. The van der Waals surface area contributed by atoms with Crippen LogP contribution in [0, 0.1) is 0 Å². The number of alkyl halides is 6. The molecule has 0 saturated carbocycles. The molecule has 0 aliphatic heterocycles. The number of hydrogen-bond donors (Lipinski definition) is 1. The predicted molar refractivity (Wildman–Crippen MR) is 63.5 cm³/mol. The van der Waals surface area contributed by atoms with Gasteiger partial charge in [-0.25, -0.2) is 4.98 Å². The molecule has 0 unspecified atom stereocenters. The van der Waals surface area contributed by atoms with Crippen molar-refractivity contribution in [2.24, 2.45) is 0 Å². The summed E-state index contributed by atoms with van der Waals surface area (Å²) in [6, 6.07) is 0. The number of rotatable bonds is 6. The minimum atomic E-state index is -4.64. The van der Waals surface area contributed by atoms with Crippen molar-refractivity contribution in [3.8, 4) is 0 Å². The topological polar surface area (TPSA) is 24.9 Å². The highest BCUT2D eigenvalue weighted by Gasteiger charge is 2.37. The van der Waals surface area contributed by atoms with Crippen LogP contribution >= 0.6 is 11.3 Å². The molecular weight excluding hydrogens is 306 g/mol. The number of halogens is 6. The Balaban J connectivity index is 2.83. The van der Waals surface area contributed by atoms with E-state index in [-0.39, 0.29) is 16.4 Å². The van der Waals surface area contributed by atoms with Crippen molar-refractivity contribution in [3.05, 3.63) is 15.6 Å². The Morgan fingerprint density at radius 1 is 1.15 bits per heavy atom. The van der Waals surface area contributed by atoms with E-state index in [1.165, 1.54) is 0 Å². The molecule has 0 radical (unpaired) electrons. The zero-order chi connectivity index (χ0) is 15.4. The molecule has 9 heteroatoms. The zero-order valence-electron chi connectivity index (χ0n) is 10.7. The Kier molecular flexibility index (Phi) is 5.81. The molecule has 116 valence electrons. The first kappa shape index (κ1) is 17.2. The molecule has 1 N–H and O–H groups in total. The largest absolute Gasteiger partial charge is 0.434 e. The second-order valence-corrected chi connectivity index (χ2v) is 5.34. The SMILES string of the molecule is CCCNCc1sc(CCC(F)(F)F)nc1C(F)(F)F. The third-order valence-electron chi connectivity index (χ3n) is 2.34. The van der Waals surface area contributed by atoms with Crippen LogP contribution in [-0.4, -0.2) is 17.7 Å². The molecule has 0 aliphatic carbocycles. The van der Waals surface area contributed by atoms with E-state index in [4.69, 9.17) is 0 Å². The first-order valence-electron chi connectivity index (χ1n) is 5.96. The quantitative estimate of drug-likeness (QED) is 0.629. The van der Waals surface area contributed by atoms with Gasteiger partial charge in [-0.2, -0.15) is 26.3 Å². The summed E-state index contributed by atoms with van der Waals surface area (Å²) in [5, 5.41) is 2.66. The van der Waals surface area contributed by atoms with Crippen LogP contribution in [0.25, 0.3) is 0 Å². The summed E-state index contributed by atoms with van der Waals surface area (Å²) in [5.74, 6) is 0. The highest BCUT2D eigenvalue weighted by Crippen LogP contribution is 2.35. The Hall–Kier alpha value is -0.830. The Morgan fingerprint density at radius 2 is 1.80 bits per heavy atom. The summed E-state index contributed by atoms with van der Waals surface area (Å²) in [5.41, 5.74) is -1.08. The maximum Gasteiger partial charge on any atom is 0.434 e. The fourth-order valence-corrected chi connectivity index (χ4v) is 2.53. The van der Waals surface area contributed by atoms with Crippen molar-refractivity contribution in [1.82, 2.24) is 10.3 Å². The molecule has 0 atom stereocenters. The lowest BCUT2D eigenvalue weighted by molar-refractivity contribution is -0.141. The highest BCUT2D eigenvalue weighted by atomic mass is 32.1. The van der Waals surface area contributed by atoms with E-state index < -0.39 is 30.9 Å². The maximum absolute atomic E-state index is 12.7. The van der Waals surface area contributed by atoms with Crippen LogP contribution in [0.2, 0.25) is 0 Å². The smallest absolute Gasteiger partial charge is 0.312 e. The van der Waals surface area contributed by atoms with Crippen LogP contribution in [0.3, 0.4) is 0 Å². The number of nitrogens with zero attached hydrogens (tertiary/aromatic N) is 1. The van der Waals surface area contributed by atoms with Crippen molar-refractivity contribution in [2.45, 2.75) is 45.1 Å². The minimum absolute atomic E-state index is 0.0353. The lowest BCUT2D eigenvalue weighted by Crippen LogP contribution is -2.17.